The Morgan fingerprint density at radius 3 is 2.41 bits per heavy atom. The molecule has 0 fully saturated rings. The lowest BCUT2D eigenvalue weighted by molar-refractivity contribution is 0.0953. The Hall–Kier alpha value is -3.54. The molecule has 0 radical (unpaired) electrons. The summed E-state index contributed by atoms with van der Waals surface area (Å²) >= 11 is 0. The number of carbonyl (C=O) groups excluding carboxylic acids is 1. The molecule has 0 aliphatic rings. The van der Waals surface area contributed by atoms with Crippen molar-refractivity contribution in [1.82, 2.24) is 10.3 Å². The van der Waals surface area contributed by atoms with E-state index in [1.807, 2.05) is 44.2 Å². The Morgan fingerprint density at radius 1 is 0.882 bits per heavy atom. The molecule has 0 unspecified atom stereocenters. The van der Waals surface area contributed by atoms with Crippen LogP contribution in [0.1, 0.15) is 54.9 Å². The molecule has 34 heavy (non-hydrogen) atoms. The molecule has 1 aromatic heterocycles. The Kier molecular flexibility index (Phi) is 9.32. The van der Waals surface area contributed by atoms with Crippen LogP contribution < -0.4 is 19.5 Å². The minimum Gasteiger partial charge on any atom is -0.490 e. The van der Waals surface area contributed by atoms with Crippen LogP contribution in [0.5, 0.6) is 23.0 Å². The van der Waals surface area contributed by atoms with Gasteiger partial charge in [-0.3, -0.25) is 9.78 Å². The highest BCUT2D eigenvalue weighted by Gasteiger charge is 2.12. The highest BCUT2D eigenvalue weighted by molar-refractivity contribution is 5.94. The second-order valence-electron chi connectivity index (χ2n) is 7.72. The third-order valence-electron chi connectivity index (χ3n) is 5.42. The number of nitrogens with zero attached hydrogens (tertiary/aromatic N) is 1. The molecule has 1 N–H and O–H groups in total. The van der Waals surface area contributed by atoms with Gasteiger partial charge >= 0.3 is 0 Å². The molecule has 0 aliphatic heterocycles. The summed E-state index contributed by atoms with van der Waals surface area (Å²) in [6.45, 7) is 9.58. The largest absolute Gasteiger partial charge is 0.490 e. The van der Waals surface area contributed by atoms with Crippen LogP contribution in [-0.4, -0.2) is 30.6 Å². The molecule has 2 aromatic carbocycles. The maximum Gasteiger partial charge on any atom is 0.251 e. The number of hydrogen-bond acceptors (Lipinski definition) is 5. The van der Waals surface area contributed by atoms with Crippen LogP contribution in [0.3, 0.4) is 0 Å². The van der Waals surface area contributed by atoms with Crippen LogP contribution in [0, 0.1) is 0 Å². The summed E-state index contributed by atoms with van der Waals surface area (Å²) in [5.41, 5.74) is 3.84. The van der Waals surface area contributed by atoms with Crippen molar-refractivity contribution < 1.29 is 19.0 Å². The van der Waals surface area contributed by atoms with Crippen molar-refractivity contribution >= 4 is 5.91 Å². The highest BCUT2D eigenvalue weighted by atomic mass is 16.5. The topological polar surface area (TPSA) is 69.7 Å². The average Bonchev–Trinajstić information content (AvgIpc) is 2.85. The van der Waals surface area contributed by atoms with Crippen molar-refractivity contribution in [2.24, 2.45) is 0 Å². The molecule has 3 aromatic rings. The second kappa shape index (κ2) is 12.6. The van der Waals surface area contributed by atoms with E-state index in [9.17, 15) is 4.79 Å². The van der Waals surface area contributed by atoms with E-state index >= 15 is 0 Å². The molecular formula is C28H34N2O4. The molecule has 1 heterocycles. The predicted octanol–water partition coefficient (Wildman–Crippen LogP) is 5.77. The third kappa shape index (κ3) is 6.50. The fourth-order valence-electron chi connectivity index (χ4n) is 3.80. The number of carbonyl (C=O) groups is 1. The number of nitrogens with one attached hydrogen (secondary N) is 1. The van der Waals surface area contributed by atoms with Crippen LogP contribution in [0.2, 0.25) is 0 Å². The van der Waals surface area contributed by atoms with E-state index in [4.69, 9.17) is 14.2 Å². The van der Waals surface area contributed by atoms with Crippen molar-refractivity contribution in [2.75, 3.05) is 19.8 Å². The number of rotatable bonds is 12. The molecule has 1 amide bonds. The number of pyridine rings is 1. The predicted molar refractivity (Wildman–Crippen MR) is 134 cm³/mol. The highest BCUT2D eigenvalue weighted by Crippen LogP contribution is 2.29. The van der Waals surface area contributed by atoms with Gasteiger partial charge in [-0.1, -0.05) is 26.0 Å². The molecule has 0 atom stereocenters. The first-order valence-corrected chi connectivity index (χ1v) is 12.0. The first kappa shape index (κ1) is 25.1. The van der Waals surface area contributed by atoms with Gasteiger partial charge in [0.1, 0.15) is 11.5 Å². The standard InChI is InChI=1S/C28H34N2O4/c1-5-23-24(6-2)29-17-15-25(23)34-22-11-9-10-20(18-22)14-16-30-28(31)21-12-13-26(32-7-3)27(19-21)33-8-4/h9-13,15,17-19H,5-8,14,16H2,1-4H3,(H,30,31). The lowest BCUT2D eigenvalue weighted by Gasteiger charge is -2.14. The summed E-state index contributed by atoms with van der Waals surface area (Å²) in [5, 5.41) is 2.99. The number of hydrogen-bond donors (Lipinski definition) is 1. The summed E-state index contributed by atoms with van der Waals surface area (Å²) < 4.78 is 17.4. The molecule has 3 rings (SSSR count). The van der Waals surface area contributed by atoms with Gasteiger partial charge in [0.25, 0.3) is 5.91 Å². The fraction of sp³-hybridized carbons (Fsp3) is 0.357. The number of benzene rings is 2. The molecule has 6 nitrogen and oxygen atoms in total. The minimum atomic E-state index is -0.145. The number of aryl methyl sites for hydroxylation is 1. The van der Waals surface area contributed by atoms with Crippen molar-refractivity contribution in [3.8, 4) is 23.0 Å². The van der Waals surface area contributed by atoms with Crippen LogP contribution in [0.4, 0.5) is 0 Å². The van der Waals surface area contributed by atoms with Crippen molar-refractivity contribution in [1.29, 1.82) is 0 Å². The zero-order chi connectivity index (χ0) is 24.3. The van der Waals surface area contributed by atoms with Crippen LogP contribution in [-0.2, 0) is 19.3 Å². The molecule has 180 valence electrons. The zero-order valence-corrected chi connectivity index (χ0v) is 20.5. The molecule has 0 spiro atoms. The van der Waals surface area contributed by atoms with Gasteiger partial charge < -0.3 is 19.5 Å². The quantitative estimate of drug-likeness (QED) is 0.370. The molecule has 0 bridgehead atoms. The Bertz CT molecular complexity index is 1100. The lowest BCUT2D eigenvalue weighted by atomic mass is 10.1. The summed E-state index contributed by atoms with van der Waals surface area (Å²) in [6.07, 6.45) is 4.23. The van der Waals surface area contributed by atoms with Gasteiger partial charge in [-0.15, -0.1) is 0 Å². The fourth-order valence-corrected chi connectivity index (χ4v) is 3.80. The van der Waals surface area contributed by atoms with Gasteiger partial charge in [0.2, 0.25) is 0 Å². The van der Waals surface area contributed by atoms with Gasteiger partial charge in [0.05, 0.1) is 13.2 Å². The molecule has 6 heteroatoms. The Labute approximate surface area is 202 Å². The van der Waals surface area contributed by atoms with Crippen LogP contribution in [0.15, 0.2) is 54.7 Å². The second-order valence-corrected chi connectivity index (χ2v) is 7.72. The van der Waals surface area contributed by atoms with Crippen LogP contribution >= 0.6 is 0 Å². The molecule has 0 saturated carbocycles. The maximum absolute atomic E-state index is 12.7. The maximum atomic E-state index is 12.7. The number of aromatic nitrogens is 1. The first-order valence-electron chi connectivity index (χ1n) is 12.0. The van der Waals surface area contributed by atoms with Crippen LogP contribution in [0.25, 0.3) is 0 Å². The van der Waals surface area contributed by atoms with Crippen molar-refractivity contribution in [3.05, 3.63) is 77.1 Å². The number of amides is 1. The van der Waals surface area contributed by atoms with E-state index in [1.54, 1.807) is 24.4 Å². The van der Waals surface area contributed by atoms with E-state index in [1.165, 1.54) is 0 Å². The van der Waals surface area contributed by atoms with Gasteiger partial charge in [0.15, 0.2) is 11.5 Å². The summed E-state index contributed by atoms with van der Waals surface area (Å²) in [5.74, 6) is 2.70. The monoisotopic (exact) mass is 462 g/mol. The van der Waals surface area contributed by atoms with E-state index in [0.29, 0.717) is 43.2 Å². The summed E-state index contributed by atoms with van der Waals surface area (Å²) in [7, 11) is 0. The Balaban J connectivity index is 1.61. The van der Waals surface area contributed by atoms with Gasteiger partial charge in [-0.05, 0) is 75.1 Å². The molecule has 0 aliphatic carbocycles. The first-order chi connectivity index (χ1) is 16.6. The van der Waals surface area contributed by atoms with E-state index < -0.39 is 0 Å². The van der Waals surface area contributed by atoms with Crippen molar-refractivity contribution in [3.63, 3.8) is 0 Å². The molecular weight excluding hydrogens is 428 g/mol. The third-order valence-corrected chi connectivity index (χ3v) is 5.42. The summed E-state index contributed by atoms with van der Waals surface area (Å²) in [6, 6.07) is 15.1. The average molecular weight is 463 g/mol. The minimum absolute atomic E-state index is 0.145. The zero-order valence-electron chi connectivity index (χ0n) is 20.5. The van der Waals surface area contributed by atoms with E-state index in [2.05, 4.69) is 24.1 Å². The normalized spacial score (nSPS) is 10.6. The van der Waals surface area contributed by atoms with Crippen molar-refractivity contribution in [2.45, 2.75) is 47.0 Å². The van der Waals surface area contributed by atoms with Gasteiger partial charge in [-0.25, -0.2) is 0 Å². The Morgan fingerprint density at radius 2 is 1.68 bits per heavy atom. The van der Waals surface area contributed by atoms with Gasteiger partial charge in [0, 0.05) is 29.6 Å². The molecule has 0 saturated heterocycles. The SMILES string of the molecule is CCOc1ccc(C(=O)NCCc2cccc(Oc3ccnc(CC)c3CC)c2)cc1OCC. The number of ether oxygens (including phenoxy) is 3. The lowest BCUT2D eigenvalue weighted by Crippen LogP contribution is -2.25. The van der Waals surface area contributed by atoms with Gasteiger partial charge in [-0.2, -0.15) is 0 Å². The smallest absolute Gasteiger partial charge is 0.251 e. The van der Waals surface area contributed by atoms with E-state index in [0.717, 1.165) is 41.2 Å². The van der Waals surface area contributed by atoms with E-state index in [-0.39, 0.29) is 5.91 Å². The summed E-state index contributed by atoms with van der Waals surface area (Å²) in [4.78, 5) is 17.1.